The largest absolute Gasteiger partial charge is 0.294 e. The second kappa shape index (κ2) is 4.77. The van der Waals surface area contributed by atoms with E-state index in [1.165, 1.54) is 12.1 Å². The van der Waals surface area contributed by atoms with Crippen LogP contribution in [0, 0.1) is 10.1 Å². The molecule has 0 spiro atoms. The summed E-state index contributed by atoms with van der Waals surface area (Å²) in [5.74, 6) is 0. The van der Waals surface area contributed by atoms with Crippen molar-refractivity contribution >= 4 is 21.7 Å². The van der Waals surface area contributed by atoms with E-state index in [4.69, 9.17) is 16.2 Å². The molecule has 0 amide bonds. The zero-order valence-electron chi connectivity index (χ0n) is 7.96. The van der Waals surface area contributed by atoms with Gasteiger partial charge in [0.25, 0.3) is 10.1 Å². The highest BCUT2D eigenvalue weighted by Gasteiger charge is 2.17. The molecule has 0 aliphatic rings. The number of benzene rings is 1. The van der Waals surface area contributed by atoms with Crippen molar-refractivity contribution in [1.29, 1.82) is 0 Å². The third-order valence-electron chi connectivity index (χ3n) is 1.87. The van der Waals surface area contributed by atoms with Gasteiger partial charge in [0, 0.05) is 16.4 Å². The van der Waals surface area contributed by atoms with Crippen LogP contribution in [0.25, 0.3) is 0 Å². The van der Waals surface area contributed by atoms with Crippen LogP contribution in [0.2, 0.25) is 5.02 Å². The predicted molar refractivity (Wildman–Crippen MR) is 56.8 cm³/mol. The summed E-state index contributed by atoms with van der Waals surface area (Å²) in [7, 11) is -4.41. The Morgan fingerprint density at radius 2 is 2.06 bits per heavy atom. The van der Waals surface area contributed by atoms with Crippen LogP contribution in [0.1, 0.15) is 5.56 Å². The van der Waals surface area contributed by atoms with Gasteiger partial charge in [-0.25, -0.2) is 0 Å². The first-order valence-electron chi connectivity index (χ1n) is 4.18. The summed E-state index contributed by atoms with van der Waals surface area (Å²) in [6, 6.07) is 3.81. The molecule has 0 radical (unpaired) electrons. The van der Waals surface area contributed by atoms with Crippen molar-refractivity contribution in [3.63, 3.8) is 0 Å². The Morgan fingerprint density at radius 3 is 2.56 bits per heavy atom. The van der Waals surface area contributed by atoms with Gasteiger partial charge in [-0.15, -0.1) is 0 Å². The molecule has 8 heteroatoms. The normalized spacial score (nSPS) is 11.4. The molecule has 6 nitrogen and oxygen atoms in total. The van der Waals surface area contributed by atoms with Gasteiger partial charge in [-0.3, -0.25) is 14.7 Å². The molecule has 1 aromatic carbocycles. The Labute approximate surface area is 96.7 Å². The summed E-state index contributed by atoms with van der Waals surface area (Å²) >= 11 is 5.58. The average molecular weight is 266 g/mol. The van der Waals surface area contributed by atoms with Gasteiger partial charge in [0.05, 0.1) is 4.90 Å². The molecule has 0 bridgehead atoms. The van der Waals surface area contributed by atoms with Gasteiger partial charge in [0.2, 0.25) is 6.54 Å². The summed E-state index contributed by atoms with van der Waals surface area (Å²) in [5, 5.41) is 10.3. The molecule has 0 aliphatic carbocycles. The lowest BCUT2D eigenvalue weighted by molar-refractivity contribution is -0.479. The summed E-state index contributed by atoms with van der Waals surface area (Å²) in [6.07, 6.45) is -0.0840. The van der Waals surface area contributed by atoms with Crippen molar-refractivity contribution in [2.75, 3.05) is 6.54 Å². The van der Waals surface area contributed by atoms with Crippen molar-refractivity contribution in [1.82, 2.24) is 0 Å². The lowest BCUT2D eigenvalue weighted by atomic mass is 10.1. The molecular weight excluding hydrogens is 258 g/mol. The van der Waals surface area contributed by atoms with Crippen molar-refractivity contribution in [3.8, 4) is 0 Å². The lowest BCUT2D eigenvalue weighted by Gasteiger charge is -2.05. The molecule has 0 saturated heterocycles. The van der Waals surface area contributed by atoms with Crippen LogP contribution in [0.4, 0.5) is 0 Å². The number of nitro groups is 1. The summed E-state index contributed by atoms with van der Waals surface area (Å²) in [6.45, 7) is -0.413. The molecule has 0 heterocycles. The maximum Gasteiger partial charge on any atom is 0.294 e. The summed E-state index contributed by atoms with van der Waals surface area (Å²) < 4.78 is 30.9. The van der Waals surface area contributed by atoms with E-state index in [9.17, 15) is 18.5 Å². The van der Waals surface area contributed by atoms with E-state index in [2.05, 4.69) is 0 Å². The summed E-state index contributed by atoms with van der Waals surface area (Å²) in [5.41, 5.74) is 0.170. The van der Waals surface area contributed by atoms with Crippen LogP contribution in [0.3, 0.4) is 0 Å². The number of rotatable bonds is 4. The fourth-order valence-electron chi connectivity index (χ4n) is 1.19. The topological polar surface area (TPSA) is 97.5 Å². The monoisotopic (exact) mass is 265 g/mol. The maximum atomic E-state index is 11.0. The van der Waals surface area contributed by atoms with E-state index in [0.29, 0.717) is 0 Å². The zero-order valence-corrected chi connectivity index (χ0v) is 9.53. The van der Waals surface area contributed by atoms with E-state index in [1.54, 1.807) is 0 Å². The smallest absolute Gasteiger partial charge is 0.282 e. The van der Waals surface area contributed by atoms with Crippen LogP contribution >= 0.6 is 11.6 Å². The fourth-order valence-corrected chi connectivity index (χ4v) is 2.20. The van der Waals surface area contributed by atoms with E-state index < -0.39 is 21.6 Å². The van der Waals surface area contributed by atoms with Crippen LogP contribution in [0.15, 0.2) is 23.1 Å². The maximum absolute atomic E-state index is 11.0. The van der Waals surface area contributed by atoms with Crippen molar-refractivity contribution in [2.45, 2.75) is 11.3 Å². The Kier molecular flexibility index (Phi) is 3.84. The number of halogens is 1. The van der Waals surface area contributed by atoms with Gasteiger partial charge >= 0.3 is 0 Å². The lowest BCUT2D eigenvalue weighted by Crippen LogP contribution is -2.09. The first-order chi connectivity index (χ1) is 7.30. The second-order valence-electron chi connectivity index (χ2n) is 3.03. The molecule has 0 aliphatic heterocycles. The molecule has 1 aromatic rings. The van der Waals surface area contributed by atoms with E-state index in [1.807, 2.05) is 0 Å². The summed E-state index contributed by atoms with van der Waals surface area (Å²) in [4.78, 5) is 9.21. The zero-order chi connectivity index (χ0) is 12.3. The highest BCUT2D eigenvalue weighted by atomic mass is 35.5. The first kappa shape index (κ1) is 12.9. The molecule has 88 valence electrons. The minimum absolute atomic E-state index is 0.0840. The Bertz CT molecular complexity index is 513. The van der Waals surface area contributed by atoms with Crippen molar-refractivity contribution < 1.29 is 17.9 Å². The average Bonchev–Trinajstić information content (AvgIpc) is 2.14. The van der Waals surface area contributed by atoms with E-state index in [0.717, 1.165) is 6.07 Å². The predicted octanol–water partition coefficient (Wildman–Crippen LogP) is 1.41. The molecular formula is C8H8ClNO5S. The minimum atomic E-state index is -4.41. The highest BCUT2D eigenvalue weighted by Crippen LogP contribution is 2.21. The molecule has 0 unspecified atom stereocenters. The SMILES string of the molecule is O=[N+]([O-])CCc1ccc(Cl)cc1S(=O)(=O)O. The Balaban J connectivity index is 3.13. The molecule has 0 saturated carbocycles. The van der Waals surface area contributed by atoms with Crippen LogP contribution < -0.4 is 0 Å². The van der Waals surface area contributed by atoms with Gasteiger partial charge in [0.1, 0.15) is 0 Å². The van der Waals surface area contributed by atoms with E-state index in [-0.39, 0.29) is 21.9 Å². The van der Waals surface area contributed by atoms with Gasteiger partial charge in [-0.2, -0.15) is 8.42 Å². The third kappa shape index (κ3) is 3.44. The first-order valence-corrected chi connectivity index (χ1v) is 6.00. The third-order valence-corrected chi connectivity index (χ3v) is 3.04. The van der Waals surface area contributed by atoms with Crippen LogP contribution in [-0.4, -0.2) is 24.4 Å². The Hall–Kier alpha value is -1.18. The highest BCUT2D eigenvalue weighted by molar-refractivity contribution is 7.85. The molecule has 1 rings (SSSR count). The standard InChI is InChI=1S/C8H8ClNO5S/c9-7-2-1-6(3-4-10(11)12)8(5-7)16(13,14)15/h1-2,5H,3-4H2,(H,13,14,15). The van der Waals surface area contributed by atoms with Crippen molar-refractivity contribution in [2.24, 2.45) is 0 Å². The number of hydrogen-bond donors (Lipinski definition) is 1. The van der Waals surface area contributed by atoms with E-state index >= 15 is 0 Å². The quantitative estimate of drug-likeness (QED) is 0.504. The van der Waals surface area contributed by atoms with Gasteiger partial charge < -0.3 is 0 Å². The molecule has 0 fully saturated rings. The number of hydrogen-bond acceptors (Lipinski definition) is 4. The molecule has 0 aromatic heterocycles. The van der Waals surface area contributed by atoms with Crippen LogP contribution in [-0.2, 0) is 16.5 Å². The second-order valence-corrected chi connectivity index (χ2v) is 4.86. The molecule has 16 heavy (non-hydrogen) atoms. The molecule has 0 atom stereocenters. The van der Waals surface area contributed by atoms with Gasteiger partial charge in [-0.05, 0) is 17.7 Å². The fraction of sp³-hybridized carbons (Fsp3) is 0.250. The van der Waals surface area contributed by atoms with Crippen molar-refractivity contribution in [3.05, 3.63) is 38.9 Å². The minimum Gasteiger partial charge on any atom is -0.282 e. The molecule has 1 N–H and O–H groups in total. The number of nitrogens with zero attached hydrogens (tertiary/aromatic N) is 1. The van der Waals surface area contributed by atoms with Gasteiger partial charge in [0.15, 0.2) is 0 Å². The van der Waals surface area contributed by atoms with Crippen LogP contribution in [0.5, 0.6) is 0 Å². The Morgan fingerprint density at radius 1 is 1.44 bits per heavy atom. The van der Waals surface area contributed by atoms with Gasteiger partial charge in [-0.1, -0.05) is 17.7 Å².